The van der Waals surface area contributed by atoms with Crippen LogP contribution in [0.3, 0.4) is 0 Å². The molecular formula is C26H34BN3O6. The molecule has 3 amide bonds. The van der Waals surface area contributed by atoms with Gasteiger partial charge in [0.05, 0.1) is 5.94 Å². The molecule has 0 radical (unpaired) electrons. The number of amides is 3. The van der Waals surface area contributed by atoms with Crippen LogP contribution in [0.2, 0.25) is 0 Å². The topological polar surface area (TPSA) is 128 Å². The van der Waals surface area contributed by atoms with Crippen LogP contribution in [-0.2, 0) is 27.4 Å². The maximum Gasteiger partial charge on any atom is 0.475 e. The molecule has 2 aromatic rings. The van der Waals surface area contributed by atoms with Crippen molar-refractivity contribution in [3.63, 3.8) is 0 Å². The van der Waals surface area contributed by atoms with E-state index in [1.165, 1.54) is 4.90 Å². The van der Waals surface area contributed by atoms with Crippen LogP contribution in [0.4, 0.5) is 4.79 Å². The summed E-state index contributed by atoms with van der Waals surface area (Å²) in [6.45, 7) is 2.31. The molecule has 1 fully saturated rings. The van der Waals surface area contributed by atoms with Crippen LogP contribution < -0.4 is 10.6 Å². The molecule has 2 aromatic carbocycles. The van der Waals surface area contributed by atoms with Gasteiger partial charge in [0.2, 0.25) is 11.8 Å². The van der Waals surface area contributed by atoms with E-state index >= 15 is 0 Å². The molecule has 9 nitrogen and oxygen atoms in total. The Labute approximate surface area is 212 Å². The van der Waals surface area contributed by atoms with Crippen molar-refractivity contribution in [3.05, 3.63) is 71.8 Å². The van der Waals surface area contributed by atoms with E-state index in [-0.39, 0.29) is 18.9 Å². The van der Waals surface area contributed by atoms with E-state index in [0.29, 0.717) is 32.2 Å². The van der Waals surface area contributed by atoms with Gasteiger partial charge >= 0.3 is 13.2 Å². The number of hydrogen-bond donors (Lipinski definition) is 4. The fourth-order valence-corrected chi connectivity index (χ4v) is 4.35. The fraction of sp³-hybridized carbons (Fsp3) is 0.423. The number of alkyl carbamates (subject to hydrolysis) is 1. The van der Waals surface area contributed by atoms with Crippen LogP contribution in [0.1, 0.15) is 43.7 Å². The summed E-state index contributed by atoms with van der Waals surface area (Å²) in [7, 11) is -1.69. The van der Waals surface area contributed by atoms with E-state index in [1.54, 1.807) is 0 Å². The van der Waals surface area contributed by atoms with Crippen LogP contribution in [0.15, 0.2) is 60.7 Å². The summed E-state index contributed by atoms with van der Waals surface area (Å²) >= 11 is 0. The lowest BCUT2D eigenvalue weighted by Gasteiger charge is -2.30. The zero-order valence-electron chi connectivity index (χ0n) is 20.5. The molecule has 0 bridgehead atoms. The number of ether oxygens (including phenoxy) is 1. The predicted molar refractivity (Wildman–Crippen MR) is 135 cm³/mol. The van der Waals surface area contributed by atoms with Gasteiger partial charge in [0.25, 0.3) is 0 Å². The Morgan fingerprint density at radius 1 is 1.03 bits per heavy atom. The molecule has 1 aliphatic heterocycles. The molecule has 0 aromatic heterocycles. The van der Waals surface area contributed by atoms with Gasteiger partial charge in [-0.15, -0.1) is 0 Å². The molecule has 1 aliphatic rings. The first kappa shape index (κ1) is 27.2. The Kier molecular flexibility index (Phi) is 10.3. The number of carbonyl (C=O) groups is 3. The van der Waals surface area contributed by atoms with Gasteiger partial charge in [-0.1, -0.05) is 74.0 Å². The molecular weight excluding hydrogens is 461 g/mol. The number of likely N-dealkylation sites (tertiary alicyclic amines) is 1. The fourth-order valence-electron chi connectivity index (χ4n) is 4.35. The smallest absolute Gasteiger partial charge is 0.445 e. The molecule has 1 saturated heterocycles. The third kappa shape index (κ3) is 7.83. The molecule has 0 spiro atoms. The van der Waals surface area contributed by atoms with Gasteiger partial charge in [0.15, 0.2) is 0 Å². The van der Waals surface area contributed by atoms with Gasteiger partial charge in [-0.25, -0.2) is 4.79 Å². The number of benzene rings is 2. The van der Waals surface area contributed by atoms with Crippen LogP contribution >= 0.6 is 0 Å². The van der Waals surface area contributed by atoms with Crippen LogP contribution in [0.25, 0.3) is 0 Å². The quantitative estimate of drug-likeness (QED) is 0.352. The van der Waals surface area contributed by atoms with Crippen LogP contribution in [-0.4, -0.2) is 64.5 Å². The third-order valence-electron chi connectivity index (χ3n) is 6.21. The van der Waals surface area contributed by atoms with Crippen LogP contribution in [0.5, 0.6) is 0 Å². The Bertz CT molecular complexity index is 992. The van der Waals surface area contributed by atoms with E-state index in [2.05, 4.69) is 10.6 Å². The highest BCUT2D eigenvalue weighted by atomic mass is 16.5. The molecule has 0 aliphatic carbocycles. The van der Waals surface area contributed by atoms with E-state index < -0.39 is 37.1 Å². The van der Waals surface area contributed by atoms with Gasteiger partial charge in [0.1, 0.15) is 18.7 Å². The number of hydrogen-bond acceptors (Lipinski definition) is 6. The molecule has 10 heteroatoms. The summed E-state index contributed by atoms with van der Waals surface area (Å²) in [4.78, 5) is 40.6. The lowest BCUT2D eigenvalue weighted by molar-refractivity contribution is -0.140. The van der Waals surface area contributed by atoms with E-state index in [0.717, 1.165) is 11.1 Å². The van der Waals surface area contributed by atoms with Gasteiger partial charge in [-0.2, -0.15) is 0 Å². The zero-order valence-corrected chi connectivity index (χ0v) is 20.5. The minimum atomic E-state index is -1.69. The standard InChI is InChI=1S/C26H34BN3O6/c1-2-10-23(27(34)35)29-24(31)22-15-9-16-30(22)25(32)21(17-19-11-5-3-6-12-19)28-26(33)36-18-20-13-7-4-8-14-20/h3-8,11-14,21-23,34-35H,2,9-10,15-18H2,1H3,(H,28,33)(H,29,31)/t21-,22?,23+/m0/s1. The highest BCUT2D eigenvalue weighted by Crippen LogP contribution is 2.20. The minimum Gasteiger partial charge on any atom is -0.445 e. The van der Waals surface area contributed by atoms with Crippen molar-refractivity contribution in [1.82, 2.24) is 15.5 Å². The Morgan fingerprint density at radius 2 is 1.67 bits per heavy atom. The molecule has 3 atom stereocenters. The monoisotopic (exact) mass is 495 g/mol. The van der Waals surface area contributed by atoms with Crippen molar-refractivity contribution in [1.29, 1.82) is 0 Å². The lowest BCUT2D eigenvalue weighted by atomic mass is 9.76. The maximum absolute atomic E-state index is 13.6. The van der Waals surface area contributed by atoms with E-state index in [4.69, 9.17) is 4.74 Å². The normalized spacial score (nSPS) is 16.6. The van der Waals surface area contributed by atoms with Crippen molar-refractivity contribution >= 4 is 25.0 Å². The largest absolute Gasteiger partial charge is 0.475 e. The summed E-state index contributed by atoms with van der Waals surface area (Å²) in [5.74, 6) is -1.63. The number of carbonyl (C=O) groups excluding carboxylic acids is 3. The highest BCUT2D eigenvalue weighted by molar-refractivity contribution is 6.43. The highest BCUT2D eigenvalue weighted by Gasteiger charge is 2.39. The maximum atomic E-state index is 13.6. The summed E-state index contributed by atoms with van der Waals surface area (Å²) in [6, 6.07) is 16.8. The predicted octanol–water partition coefficient (Wildman–Crippen LogP) is 1.81. The second kappa shape index (κ2) is 13.7. The Morgan fingerprint density at radius 3 is 2.28 bits per heavy atom. The minimum absolute atomic E-state index is 0.0654. The second-order valence-electron chi connectivity index (χ2n) is 8.96. The SMILES string of the molecule is CCC[C@@H](NC(=O)C1CCCN1C(=O)[C@H](Cc1ccccc1)NC(=O)OCc1ccccc1)B(O)O. The first-order valence-corrected chi connectivity index (χ1v) is 12.4. The molecule has 1 unspecified atom stereocenters. The van der Waals surface area contributed by atoms with Crippen LogP contribution in [0, 0.1) is 0 Å². The van der Waals surface area contributed by atoms with E-state index in [9.17, 15) is 24.4 Å². The van der Waals surface area contributed by atoms with Crippen molar-refractivity contribution in [2.45, 2.75) is 63.7 Å². The van der Waals surface area contributed by atoms with Crippen molar-refractivity contribution in [2.75, 3.05) is 6.54 Å². The molecule has 3 rings (SSSR count). The molecule has 1 heterocycles. The van der Waals surface area contributed by atoms with Gasteiger partial charge < -0.3 is 30.3 Å². The zero-order chi connectivity index (χ0) is 25.9. The summed E-state index contributed by atoms with van der Waals surface area (Å²) in [5.41, 5.74) is 1.67. The average molecular weight is 495 g/mol. The van der Waals surface area contributed by atoms with Crippen molar-refractivity contribution in [3.8, 4) is 0 Å². The van der Waals surface area contributed by atoms with Gasteiger partial charge in [-0.3, -0.25) is 9.59 Å². The molecule has 0 saturated carbocycles. The van der Waals surface area contributed by atoms with Crippen molar-refractivity contribution in [2.24, 2.45) is 0 Å². The number of rotatable bonds is 11. The third-order valence-corrected chi connectivity index (χ3v) is 6.21. The Hall–Kier alpha value is -3.37. The van der Waals surface area contributed by atoms with Gasteiger partial charge in [-0.05, 0) is 30.4 Å². The summed E-state index contributed by atoms with van der Waals surface area (Å²) in [6.07, 6.45) is 1.65. The van der Waals surface area contributed by atoms with E-state index in [1.807, 2.05) is 67.6 Å². The molecule has 36 heavy (non-hydrogen) atoms. The van der Waals surface area contributed by atoms with Crippen molar-refractivity contribution < 1.29 is 29.2 Å². The summed E-state index contributed by atoms with van der Waals surface area (Å²) < 4.78 is 5.33. The molecule has 192 valence electrons. The number of nitrogens with zero attached hydrogens (tertiary/aromatic N) is 1. The average Bonchev–Trinajstić information content (AvgIpc) is 3.38. The first-order chi connectivity index (χ1) is 17.4. The summed E-state index contributed by atoms with van der Waals surface area (Å²) in [5, 5.41) is 24.5. The lowest BCUT2D eigenvalue weighted by Crippen LogP contribution is -2.56. The Balaban J connectivity index is 1.71. The second-order valence-corrected chi connectivity index (χ2v) is 8.96. The van der Waals surface area contributed by atoms with Gasteiger partial charge in [0, 0.05) is 13.0 Å². The number of nitrogens with one attached hydrogen (secondary N) is 2. The first-order valence-electron chi connectivity index (χ1n) is 12.4. The molecule has 4 N–H and O–H groups in total.